The first-order valence-electron chi connectivity index (χ1n) is 11.8. The molecule has 4 aliphatic rings. The number of aryl methyl sites for hydroxylation is 2. The molecule has 2 aromatic carbocycles. The van der Waals surface area contributed by atoms with Crippen molar-refractivity contribution in [2.75, 3.05) is 0 Å². The van der Waals surface area contributed by atoms with Gasteiger partial charge in [0.2, 0.25) is 0 Å². The van der Waals surface area contributed by atoms with Gasteiger partial charge < -0.3 is 24.8 Å². The number of fused-ring (bicyclic) bond motifs is 6. The fourth-order valence-corrected chi connectivity index (χ4v) is 25.3. The third-order valence-electron chi connectivity index (χ3n) is 7.37. The summed E-state index contributed by atoms with van der Waals surface area (Å²) < 4.78 is 3.61. The van der Waals surface area contributed by atoms with E-state index in [-0.39, 0.29) is 24.8 Å². The number of hydrogen-bond donors (Lipinski definition) is 0. The second kappa shape index (κ2) is 9.90. The maximum atomic E-state index is 2.63. The van der Waals surface area contributed by atoms with Crippen molar-refractivity contribution in [1.82, 2.24) is 0 Å². The molecule has 2 aromatic rings. The first kappa shape index (κ1) is 25.6. The zero-order valence-corrected chi connectivity index (χ0v) is 25.2. The van der Waals surface area contributed by atoms with Gasteiger partial charge >= 0.3 is 202 Å². The van der Waals surface area contributed by atoms with E-state index in [0.717, 1.165) is 0 Å². The number of hydrogen-bond acceptors (Lipinski definition) is 0. The van der Waals surface area contributed by atoms with Crippen LogP contribution in [0.15, 0.2) is 96.2 Å². The Hall–Kier alpha value is -1.44. The summed E-state index contributed by atoms with van der Waals surface area (Å²) in [4.78, 5) is 0. The van der Waals surface area contributed by atoms with Gasteiger partial charge in [-0.1, -0.05) is 0 Å². The van der Waals surface area contributed by atoms with Crippen molar-refractivity contribution in [2.45, 2.75) is 38.8 Å². The third kappa shape index (κ3) is 3.92. The molecular formula is C30H29Cl2SiZr. The smallest absolute Gasteiger partial charge is 1.00 e. The van der Waals surface area contributed by atoms with Crippen LogP contribution in [0.2, 0.25) is 13.1 Å². The molecule has 6 rings (SSSR count). The van der Waals surface area contributed by atoms with Crippen LogP contribution in [0.1, 0.15) is 45.2 Å². The van der Waals surface area contributed by atoms with Crippen LogP contribution < -0.4 is 24.8 Å². The molecule has 34 heavy (non-hydrogen) atoms. The molecule has 171 valence electrons. The standard InChI is InChI=1S/2C14H11.C2H7Si.2ClH.Zr/c2*1-10-6-7-14-12(8-10)9-11-4-2-3-5-13(11)14;1-3-2;;;/h2*2-8,13H,1H3;3H,1-2H3;2*1H;/q;;;;;+2/p-2. The molecule has 0 saturated heterocycles. The van der Waals surface area contributed by atoms with Gasteiger partial charge in [0, 0.05) is 0 Å². The Morgan fingerprint density at radius 1 is 0.647 bits per heavy atom. The van der Waals surface area contributed by atoms with Crippen molar-refractivity contribution in [3.63, 3.8) is 0 Å². The summed E-state index contributed by atoms with van der Waals surface area (Å²) in [6.45, 7) is 9.78. The Labute approximate surface area is 225 Å². The van der Waals surface area contributed by atoms with E-state index >= 15 is 0 Å². The van der Waals surface area contributed by atoms with Gasteiger partial charge in [0.15, 0.2) is 0 Å². The van der Waals surface area contributed by atoms with Crippen LogP contribution in [-0.2, 0) is 20.9 Å². The molecule has 0 aliphatic heterocycles. The van der Waals surface area contributed by atoms with Gasteiger partial charge in [0.25, 0.3) is 0 Å². The molecule has 0 saturated carbocycles. The number of halogens is 2. The van der Waals surface area contributed by atoms with Crippen LogP contribution in [0.25, 0.3) is 6.56 Å². The summed E-state index contributed by atoms with van der Waals surface area (Å²) in [6.07, 6.45) is 18.8. The van der Waals surface area contributed by atoms with E-state index in [9.17, 15) is 0 Å². The SMILES string of the molecule is Cc1ccc2c(c1)[C]([Zr+2]([C]1=C3C=CC=CC3c3ccc(C)cc31)[SiH](C)C)=C1C=CC=CC12.[Cl-].[Cl-]. The van der Waals surface area contributed by atoms with E-state index in [1.54, 1.807) is 28.8 Å². The molecule has 0 nitrogen and oxygen atoms in total. The van der Waals surface area contributed by atoms with Crippen LogP contribution in [0.5, 0.6) is 0 Å². The van der Waals surface area contributed by atoms with Gasteiger partial charge in [-0.2, -0.15) is 0 Å². The van der Waals surface area contributed by atoms with E-state index in [4.69, 9.17) is 0 Å². The first-order valence-corrected chi connectivity index (χ1v) is 21.4. The van der Waals surface area contributed by atoms with Gasteiger partial charge in [-0.25, -0.2) is 0 Å². The normalized spacial score (nSPS) is 20.6. The quantitative estimate of drug-likeness (QED) is 0.484. The summed E-state index contributed by atoms with van der Waals surface area (Å²) in [5.41, 5.74) is 12.3. The van der Waals surface area contributed by atoms with E-state index in [0.29, 0.717) is 11.8 Å². The molecule has 0 aromatic heterocycles. The summed E-state index contributed by atoms with van der Waals surface area (Å²) in [5, 5.41) is 0. The molecule has 0 N–H and O–H groups in total. The minimum atomic E-state index is -2.17. The van der Waals surface area contributed by atoms with E-state index in [1.165, 1.54) is 22.3 Å². The van der Waals surface area contributed by atoms with E-state index in [2.05, 4.69) is 112 Å². The van der Waals surface area contributed by atoms with Crippen molar-refractivity contribution in [3.8, 4) is 0 Å². The summed E-state index contributed by atoms with van der Waals surface area (Å²) in [5.74, 6) is -0.000789. The molecule has 4 heteroatoms. The Morgan fingerprint density at radius 2 is 1.09 bits per heavy atom. The molecule has 0 bridgehead atoms. The van der Waals surface area contributed by atoms with Crippen LogP contribution >= 0.6 is 0 Å². The molecule has 0 fully saturated rings. The average Bonchev–Trinajstić information content (AvgIpc) is 3.27. The Kier molecular flexibility index (Phi) is 7.47. The predicted octanol–water partition coefficient (Wildman–Crippen LogP) is 1.48. The summed E-state index contributed by atoms with van der Waals surface area (Å²) >= 11 is -2.17. The zero-order valence-electron chi connectivity index (χ0n) is 20.1. The number of allylic oxidation sites excluding steroid dienone is 10. The largest absolute Gasteiger partial charge is 1.00 e. The average molecular weight is 580 g/mol. The fourth-order valence-electron chi connectivity index (χ4n) is 6.03. The Bertz CT molecular complexity index is 1240. The van der Waals surface area contributed by atoms with E-state index in [1.807, 2.05) is 0 Å². The van der Waals surface area contributed by atoms with Crippen molar-refractivity contribution in [1.29, 1.82) is 0 Å². The zero-order chi connectivity index (χ0) is 22.0. The topological polar surface area (TPSA) is 0 Å². The first-order chi connectivity index (χ1) is 15.5. The van der Waals surface area contributed by atoms with Crippen LogP contribution in [0, 0.1) is 13.8 Å². The monoisotopic (exact) mass is 577 g/mol. The number of benzene rings is 2. The van der Waals surface area contributed by atoms with Gasteiger partial charge in [-0.3, -0.25) is 0 Å². The molecule has 0 radical (unpaired) electrons. The molecular weight excluding hydrogens is 551 g/mol. The van der Waals surface area contributed by atoms with Crippen LogP contribution in [0.4, 0.5) is 0 Å². The summed E-state index contributed by atoms with van der Waals surface area (Å²) in [6, 6.07) is 14.4. The predicted molar refractivity (Wildman–Crippen MR) is 137 cm³/mol. The molecule has 4 aliphatic carbocycles. The van der Waals surface area contributed by atoms with Crippen LogP contribution in [0.3, 0.4) is 0 Å². The maximum absolute atomic E-state index is 2.63. The molecule has 2 atom stereocenters. The fraction of sp³-hybridized carbons (Fsp3) is 0.200. The van der Waals surface area contributed by atoms with Gasteiger partial charge in [0.05, 0.1) is 0 Å². The Morgan fingerprint density at radius 3 is 1.50 bits per heavy atom. The minimum Gasteiger partial charge on any atom is -1.00 e. The maximum Gasteiger partial charge on any atom is -1.00 e. The molecule has 0 amide bonds. The summed E-state index contributed by atoms with van der Waals surface area (Å²) in [7, 11) is 0. The van der Waals surface area contributed by atoms with Crippen molar-refractivity contribution in [3.05, 3.63) is 130 Å². The molecule has 0 spiro atoms. The van der Waals surface area contributed by atoms with E-state index < -0.39 is 26.8 Å². The van der Waals surface area contributed by atoms with Gasteiger partial charge in [-0.05, 0) is 0 Å². The van der Waals surface area contributed by atoms with Crippen molar-refractivity contribution in [2.24, 2.45) is 0 Å². The van der Waals surface area contributed by atoms with Crippen LogP contribution in [-0.4, -0.2) is 5.92 Å². The van der Waals surface area contributed by atoms with Crippen molar-refractivity contribution < 1.29 is 45.7 Å². The van der Waals surface area contributed by atoms with Gasteiger partial charge in [-0.15, -0.1) is 0 Å². The second-order valence-electron chi connectivity index (χ2n) is 9.85. The molecule has 2 unspecified atom stereocenters. The second-order valence-corrected chi connectivity index (χ2v) is 28.6. The van der Waals surface area contributed by atoms with Gasteiger partial charge in [0.1, 0.15) is 0 Å². The Balaban J connectivity index is 0.00000137. The van der Waals surface area contributed by atoms with Crippen molar-refractivity contribution >= 4 is 12.5 Å². The minimum absolute atomic E-state index is 0. The molecule has 0 heterocycles. The third-order valence-corrected chi connectivity index (χ3v) is 25.8. The number of rotatable bonds is 3.